The number of nitrogens with zero attached hydrogens (tertiary/aromatic N) is 10. The van der Waals surface area contributed by atoms with Crippen molar-refractivity contribution in [3.63, 3.8) is 0 Å². The van der Waals surface area contributed by atoms with Gasteiger partial charge in [-0.05, 0) is 91.6 Å². The van der Waals surface area contributed by atoms with E-state index in [1.807, 2.05) is 83.1 Å². The summed E-state index contributed by atoms with van der Waals surface area (Å²) in [5.41, 5.74) is 4.67. The number of rotatable bonds is 16. The Kier molecular flexibility index (Phi) is 22.7. The van der Waals surface area contributed by atoms with Crippen LogP contribution in [0.2, 0.25) is 0 Å². The van der Waals surface area contributed by atoms with Crippen molar-refractivity contribution in [2.24, 2.45) is 0 Å². The van der Waals surface area contributed by atoms with Crippen LogP contribution in [0.15, 0.2) is 122 Å². The number of carboxylic acid groups (broad SMARTS) is 1. The van der Waals surface area contributed by atoms with Crippen LogP contribution in [-0.4, -0.2) is 107 Å². The van der Waals surface area contributed by atoms with Crippen molar-refractivity contribution < 1.29 is 47.4 Å². The van der Waals surface area contributed by atoms with E-state index in [1.54, 1.807) is 38.1 Å². The molecule has 0 bridgehead atoms. The van der Waals surface area contributed by atoms with Gasteiger partial charge in [-0.25, -0.2) is 28.7 Å². The molecule has 0 saturated heterocycles. The molecule has 0 saturated carbocycles. The van der Waals surface area contributed by atoms with Gasteiger partial charge in [0.2, 0.25) is 11.6 Å². The molecule has 0 unspecified atom stereocenters. The number of carbonyl (C=O) groups is 6. The molecule has 24 nitrogen and oxygen atoms in total. The maximum atomic E-state index is 13.0. The number of nitrogens with one attached hydrogen (secondary N) is 6. The first-order valence-corrected chi connectivity index (χ1v) is 24.6. The van der Waals surface area contributed by atoms with E-state index >= 15 is 0 Å². The van der Waals surface area contributed by atoms with Crippen molar-refractivity contribution in [3.05, 3.63) is 179 Å². The van der Waals surface area contributed by atoms with Gasteiger partial charge in [-0.1, -0.05) is 86.6 Å². The van der Waals surface area contributed by atoms with Gasteiger partial charge in [0.05, 0.1) is 12.1 Å². The van der Waals surface area contributed by atoms with Crippen molar-refractivity contribution in [2.75, 3.05) is 0 Å². The van der Waals surface area contributed by atoms with E-state index in [0.29, 0.717) is 18.1 Å². The number of tetrazole rings is 2. The highest BCUT2D eigenvalue weighted by Gasteiger charge is 2.19. The lowest BCUT2D eigenvalue weighted by atomic mass is 10.1. The molecule has 0 radical (unpaired) electrons. The summed E-state index contributed by atoms with van der Waals surface area (Å²) in [7, 11) is 0. The Morgan fingerprint density at radius 2 is 0.900 bits per heavy atom. The highest BCUT2D eigenvalue weighted by atomic mass is 19.1. The van der Waals surface area contributed by atoms with Gasteiger partial charge >= 0.3 is 11.9 Å². The molecule has 416 valence electrons. The van der Waals surface area contributed by atoms with E-state index in [1.165, 1.54) is 36.4 Å². The van der Waals surface area contributed by atoms with Gasteiger partial charge in [0.1, 0.15) is 52.7 Å². The summed E-state index contributed by atoms with van der Waals surface area (Å²) in [5, 5.41) is 46.4. The molecule has 4 heterocycles. The second-order valence-corrected chi connectivity index (χ2v) is 18.0. The van der Waals surface area contributed by atoms with Gasteiger partial charge in [-0.15, -0.1) is 20.4 Å². The summed E-state index contributed by atoms with van der Waals surface area (Å²) in [6.07, 6.45) is 3.00. The van der Waals surface area contributed by atoms with E-state index in [0.717, 1.165) is 46.0 Å². The number of carbonyl (C=O) groups excluding carboxylic acids is 5. The Morgan fingerprint density at radius 1 is 0.550 bits per heavy atom. The van der Waals surface area contributed by atoms with Crippen molar-refractivity contribution >= 4 is 35.6 Å². The molecular weight excluding hydrogens is 1040 g/mol. The number of H-pyrrole nitrogens is 2. The number of aromatic nitrogens is 12. The predicted molar refractivity (Wildman–Crippen MR) is 284 cm³/mol. The topological polar surface area (TPSA) is 340 Å². The van der Waals surface area contributed by atoms with Crippen molar-refractivity contribution in [1.29, 1.82) is 0 Å². The second-order valence-electron chi connectivity index (χ2n) is 18.0. The number of carboxylic acids is 1. The summed E-state index contributed by atoms with van der Waals surface area (Å²) in [6, 6.07) is 28.3. The lowest BCUT2D eigenvalue weighted by molar-refractivity contribution is -0.154. The molecule has 0 aliphatic heterocycles. The monoisotopic (exact) mass is 1100 g/mol. The molecule has 0 aliphatic carbocycles. The Bertz CT molecular complexity index is 3070. The van der Waals surface area contributed by atoms with E-state index in [-0.39, 0.29) is 77.6 Å². The van der Waals surface area contributed by atoms with E-state index in [2.05, 4.69) is 82.5 Å². The van der Waals surface area contributed by atoms with Gasteiger partial charge in [-0.3, -0.25) is 28.8 Å². The molecule has 0 fully saturated rings. The number of esters is 1. The summed E-state index contributed by atoms with van der Waals surface area (Å²) >= 11 is 0. The van der Waals surface area contributed by atoms with Crippen LogP contribution in [0.4, 0.5) is 8.78 Å². The first-order chi connectivity index (χ1) is 38.2. The predicted octanol–water partition coefficient (Wildman–Crippen LogP) is 6.65. The van der Waals surface area contributed by atoms with Crippen LogP contribution in [0.25, 0.3) is 22.8 Å². The number of halogens is 2. The van der Waals surface area contributed by atoms with Gasteiger partial charge in [-0.2, -0.15) is 10.4 Å². The molecule has 26 heteroatoms. The molecule has 4 amide bonds. The van der Waals surface area contributed by atoms with Crippen LogP contribution in [-0.2, 0) is 27.4 Å². The number of amides is 4. The molecule has 0 spiro atoms. The first-order valence-electron chi connectivity index (χ1n) is 24.6. The molecule has 4 aromatic carbocycles. The molecule has 0 aliphatic rings. The minimum atomic E-state index is -0.745. The van der Waals surface area contributed by atoms with Gasteiger partial charge in [0.15, 0.2) is 0 Å². The first kappa shape index (κ1) is 60.7. The van der Waals surface area contributed by atoms with Gasteiger partial charge in [0.25, 0.3) is 23.6 Å². The Labute approximate surface area is 457 Å². The van der Waals surface area contributed by atoms with Crippen LogP contribution in [0.5, 0.6) is 0 Å². The Morgan fingerprint density at radius 3 is 1.19 bits per heavy atom. The quantitative estimate of drug-likeness (QED) is 0.0498. The lowest BCUT2D eigenvalue weighted by Crippen LogP contribution is -2.29. The minimum Gasteiger partial charge on any atom is -0.481 e. The summed E-state index contributed by atoms with van der Waals surface area (Å²) in [5.74, 6) is -2.47. The average Bonchev–Trinajstić information content (AvgIpc) is 4.23. The molecule has 4 aromatic heterocycles. The fraction of sp³-hybridized carbons (Fsp3) is 0.259. The lowest BCUT2D eigenvalue weighted by Gasteiger charge is -2.18. The third kappa shape index (κ3) is 20.1. The molecular formula is C54H58F2N16O8. The van der Waals surface area contributed by atoms with Gasteiger partial charge in [0, 0.05) is 49.2 Å². The van der Waals surface area contributed by atoms with E-state index in [9.17, 15) is 37.5 Å². The maximum absolute atomic E-state index is 13.0. The van der Waals surface area contributed by atoms with Crippen molar-refractivity contribution in [3.8, 4) is 22.8 Å². The number of ether oxygens (including phenoxy) is 1. The van der Waals surface area contributed by atoms with Crippen LogP contribution < -0.4 is 21.3 Å². The number of benzene rings is 4. The SMILES string of the molecule is CCC(=O)O.CCC(=O)OC(C)(C)C.C[C@H](NC(=O)c1cc(C(=O)NCc2ccc(F)cc2)ncn1)c1ccc(-c2nn[nH]n2)cc1.C[C@H](NC(=O)c1cc(C(=O)NCc2ccc(F)cc2)ncn1)c1ccc(-c2nn[nH]n2)cc1. The second kappa shape index (κ2) is 30.0. The van der Waals surface area contributed by atoms with Crippen LogP contribution in [0.1, 0.15) is 138 Å². The Hall–Kier alpha value is -10.1. The zero-order valence-electron chi connectivity index (χ0n) is 44.6. The zero-order valence-corrected chi connectivity index (χ0v) is 44.6. The van der Waals surface area contributed by atoms with Crippen molar-refractivity contribution in [2.45, 2.75) is 92.1 Å². The number of aromatic amines is 2. The van der Waals surface area contributed by atoms with E-state index < -0.39 is 29.6 Å². The average molecular weight is 1100 g/mol. The standard InChI is InChI=1S/2C22H19FN8O2.C7H14O2.C3H6O2/c2*1-13(15-4-6-16(7-5-15)20-28-30-31-29-20)27-22(33)19-10-18(25-12-26-19)21(32)24-11-14-2-8-17(23)9-3-14;1-5-6(8)9-7(2,3)4;1-2-3(4)5/h2*2-10,12-13H,11H2,1H3,(H,24,32)(H,27,33)(H,28,29,30,31);5H2,1-4H3;2H2,1H3,(H,4,5)/t2*13-;;/m00../s1. The fourth-order valence-electron chi connectivity index (χ4n) is 6.49. The zero-order chi connectivity index (χ0) is 58.2. The van der Waals surface area contributed by atoms with Crippen LogP contribution in [0.3, 0.4) is 0 Å². The Balaban J connectivity index is 0.000000238. The van der Waals surface area contributed by atoms with Gasteiger partial charge < -0.3 is 31.1 Å². The summed E-state index contributed by atoms with van der Waals surface area (Å²) in [6.45, 7) is 13.0. The third-order valence-corrected chi connectivity index (χ3v) is 10.7. The molecule has 8 rings (SSSR count). The molecule has 8 aromatic rings. The van der Waals surface area contributed by atoms with Crippen molar-refractivity contribution in [1.82, 2.24) is 82.5 Å². The fourth-order valence-corrected chi connectivity index (χ4v) is 6.49. The highest BCUT2D eigenvalue weighted by Crippen LogP contribution is 2.21. The van der Waals surface area contributed by atoms with E-state index in [4.69, 9.17) is 9.84 Å². The smallest absolute Gasteiger partial charge is 0.306 e. The minimum absolute atomic E-state index is 0.0504. The largest absolute Gasteiger partial charge is 0.481 e. The molecule has 2 atom stereocenters. The van der Waals surface area contributed by atoms with Crippen LogP contribution >= 0.6 is 0 Å². The normalized spacial score (nSPS) is 11.3. The third-order valence-electron chi connectivity index (χ3n) is 10.7. The highest BCUT2D eigenvalue weighted by molar-refractivity contribution is 5.98. The summed E-state index contributed by atoms with van der Waals surface area (Å²) < 4.78 is 30.9. The molecule has 7 N–H and O–H groups in total. The van der Waals surface area contributed by atoms with Crippen LogP contribution in [0, 0.1) is 11.6 Å². The number of aliphatic carboxylic acids is 1. The summed E-state index contributed by atoms with van der Waals surface area (Å²) in [4.78, 5) is 85.9. The number of hydrogen-bond donors (Lipinski definition) is 7. The maximum Gasteiger partial charge on any atom is 0.306 e. The number of hydrogen-bond acceptors (Lipinski definition) is 17. The molecule has 80 heavy (non-hydrogen) atoms.